The van der Waals surface area contributed by atoms with Crippen molar-refractivity contribution in [2.24, 2.45) is 0 Å². The van der Waals surface area contributed by atoms with Crippen molar-refractivity contribution in [3.05, 3.63) is 58.7 Å². The highest BCUT2D eigenvalue weighted by Gasteiger charge is 2.25. The van der Waals surface area contributed by atoms with Crippen molar-refractivity contribution in [2.75, 3.05) is 0 Å². The zero-order valence-corrected chi connectivity index (χ0v) is 11.6. The summed E-state index contributed by atoms with van der Waals surface area (Å²) >= 11 is 0. The second-order valence-corrected chi connectivity index (χ2v) is 6.02. The number of carbonyl (C=O) groups excluding carboxylic acids is 1. The Morgan fingerprint density at radius 2 is 1.65 bits per heavy atom. The molecule has 1 heteroatoms. The summed E-state index contributed by atoms with van der Waals surface area (Å²) < 4.78 is 0. The van der Waals surface area contributed by atoms with Crippen LogP contribution in [0.5, 0.6) is 0 Å². The van der Waals surface area contributed by atoms with Crippen molar-refractivity contribution in [1.82, 2.24) is 0 Å². The van der Waals surface area contributed by atoms with E-state index in [1.165, 1.54) is 59.1 Å². The summed E-state index contributed by atoms with van der Waals surface area (Å²) in [6.07, 6.45) is 7.01. The molecule has 0 unspecified atom stereocenters. The van der Waals surface area contributed by atoms with Gasteiger partial charge in [-0.2, -0.15) is 0 Å². The Balaban J connectivity index is 1.94. The van der Waals surface area contributed by atoms with E-state index in [0.717, 1.165) is 12.7 Å². The topological polar surface area (TPSA) is 17.1 Å². The van der Waals surface area contributed by atoms with Crippen LogP contribution in [0.2, 0.25) is 0 Å². The van der Waals surface area contributed by atoms with E-state index in [1.807, 2.05) is 6.07 Å². The molecule has 100 valence electrons. The third-order valence-corrected chi connectivity index (χ3v) is 4.82. The number of aryl methyl sites for hydroxylation is 2. The summed E-state index contributed by atoms with van der Waals surface area (Å²) in [5.74, 6) is 0.0281. The van der Waals surface area contributed by atoms with E-state index < -0.39 is 0 Å². The van der Waals surface area contributed by atoms with E-state index in [0.29, 0.717) is 0 Å². The van der Waals surface area contributed by atoms with Crippen LogP contribution in [0.1, 0.15) is 41.0 Å². The van der Waals surface area contributed by atoms with Gasteiger partial charge in [0.1, 0.15) is 6.29 Å². The van der Waals surface area contributed by atoms with Crippen molar-refractivity contribution < 1.29 is 4.79 Å². The average Bonchev–Trinajstić information content (AvgIpc) is 2.52. The van der Waals surface area contributed by atoms with Crippen molar-refractivity contribution in [2.45, 2.75) is 38.0 Å². The Morgan fingerprint density at radius 1 is 0.900 bits per heavy atom. The molecule has 0 bridgehead atoms. The second kappa shape index (κ2) is 4.59. The standard InChI is InChI=1S/C19H18O/c20-12-16-10-15-9-13-5-1-2-6-14(13)11-19(15)18-8-4-3-7-17(16)18/h3-4,7-9,11-12,16H,1-2,5-6,10H2/t16-/m1/s1. The molecule has 1 atom stereocenters. The SMILES string of the molecule is O=C[C@H]1Cc2cc3c(cc2-c2ccccc21)CCCC3. The van der Waals surface area contributed by atoms with Crippen LogP contribution in [-0.2, 0) is 24.1 Å². The third kappa shape index (κ3) is 1.73. The summed E-state index contributed by atoms with van der Waals surface area (Å²) in [6, 6.07) is 13.2. The van der Waals surface area contributed by atoms with Gasteiger partial charge in [0.25, 0.3) is 0 Å². The molecule has 0 fully saturated rings. The molecule has 0 radical (unpaired) electrons. The first-order chi connectivity index (χ1) is 9.86. The molecule has 0 N–H and O–H groups in total. The lowest BCUT2D eigenvalue weighted by Gasteiger charge is -2.27. The molecular formula is C19H18O. The lowest BCUT2D eigenvalue weighted by atomic mass is 9.76. The molecule has 1 nitrogen and oxygen atoms in total. The molecule has 0 amide bonds. The second-order valence-electron chi connectivity index (χ2n) is 6.02. The molecule has 0 saturated heterocycles. The fraction of sp³-hybridized carbons (Fsp3) is 0.316. The van der Waals surface area contributed by atoms with Crippen LogP contribution in [-0.4, -0.2) is 6.29 Å². The van der Waals surface area contributed by atoms with Gasteiger partial charge in [0, 0.05) is 5.92 Å². The Kier molecular flexibility index (Phi) is 2.73. The normalized spacial score (nSPS) is 19.7. The van der Waals surface area contributed by atoms with Gasteiger partial charge in [-0.05, 0) is 65.5 Å². The van der Waals surface area contributed by atoms with Gasteiger partial charge in [-0.3, -0.25) is 0 Å². The Morgan fingerprint density at radius 3 is 2.45 bits per heavy atom. The fourth-order valence-corrected chi connectivity index (χ4v) is 3.79. The lowest BCUT2D eigenvalue weighted by Crippen LogP contribution is -2.14. The van der Waals surface area contributed by atoms with Crippen LogP contribution in [0.3, 0.4) is 0 Å². The van der Waals surface area contributed by atoms with E-state index >= 15 is 0 Å². The van der Waals surface area contributed by atoms with Gasteiger partial charge in [-0.25, -0.2) is 0 Å². The van der Waals surface area contributed by atoms with Gasteiger partial charge in [0.05, 0.1) is 0 Å². The maximum atomic E-state index is 11.4. The first-order valence-electron chi connectivity index (χ1n) is 7.56. The highest BCUT2D eigenvalue weighted by Crippen LogP contribution is 2.41. The number of fused-ring (bicyclic) bond motifs is 4. The summed E-state index contributed by atoms with van der Waals surface area (Å²) in [7, 11) is 0. The zero-order chi connectivity index (χ0) is 13.5. The molecule has 0 heterocycles. The summed E-state index contributed by atoms with van der Waals surface area (Å²) in [5.41, 5.74) is 8.22. The molecule has 2 aromatic rings. The van der Waals surface area contributed by atoms with Crippen LogP contribution in [0.25, 0.3) is 11.1 Å². The van der Waals surface area contributed by atoms with Crippen LogP contribution in [0.15, 0.2) is 36.4 Å². The minimum absolute atomic E-state index is 0.0281. The first-order valence-corrected chi connectivity index (χ1v) is 7.56. The molecule has 0 aromatic heterocycles. The van der Waals surface area contributed by atoms with Crippen molar-refractivity contribution in [3.8, 4) is 11.1 Å². The molecule has 2 aliphatic carbocycles. The summed E-state index contributed by atoms with van der Waals surface area (Å²) in [5, 5.41) is 0. The van der Waals surface area contributed by atoms with Gasteiger partial charge in [0.2, 0.25) is 0 Å². The van der Waals surface area contributed by atoms with Gasteiger partial charge in [0.15, 0.2) is 0 Å². The minimum atomic E-state index is 0.0281. The monoisotopic (exact) mass is 262 g/mol. The van der Waals surface area contributed by atoms with Crippen LogP contribution in [0.4, 0.5) is 0 Å². The molecule has 2 aromatic carbocycles. The largest absolute Gasteiger partial charge is 0.303 e. The summed E-state index contributed by atoms with van der Waals surface area (Å²) in [4.78, 5) is 11.4. The van der Waals surface area contributed by atoms with Crippen molar-refractivity contribution in [3.63, 3.8) is 0 Å². The van der Waals surface area contributed by atoms with Crippen molar-refractivity contribution >= 4 is 6.29 Å². The molecule has 4 rings (SSSR count). The molecule has 20 heavy (non-hydrogen) atoms. The predicted octanol–water partition coefficient (Wildman–Crippen LogP) is 4.07. The van der Waals surface area contributed by atoms with Crippen LogP contribution in [0, 0.1) is 0 Å². The number of carbonyl (C=O) groups is 1. The van der Waals surface area contributed by atoms with Gasteiger partial charge < -0.3 is 4.79 Å². The van der Waals surface area contributed by atoms with Gasteiger partial charge >= 0.3 is 0 Å². The molecular weight excluding hydrogens is 244 g/mol. The summed E-state index contributed by atoms with van der Waals surface area (Å²) in [6.45, 7) is 0. The Bertz CT molecular complexity index is 684. The van der Waals surface area contributed by atoms with Gasteiger partial charge in [-0.15, -0.1) is 0 Å². The molecule has 0 aliphatic heterocycles. The number of hydrogen-bond acceptors (Lipinski definition) is 1. The third-order valence-electron chi connectivity index (χ3n) is 4.82. The minimum Gasteiger partial charge on any atom is -0.303 e. The molecule has 2 aliphatic rings. The Labute approximate surface area is 119 Å². The average molecular weight is 262 g/mol. The van der Waals surface area contributed by atoms with E-state index in [4.69, 9.17) is 0 Å². The maximum Gasteiger partial charge on any atom is 0.127 e. The molecule has 0 spiro atoms. The van der Waals surface area contributed by atoms with E-state index in [9.17, 15) is 4.79 Å². The van der Waals surface area contributed by atoms with E-state index in [1.54, 1.807) is 0 Å². The zero-order valence-electron chi connectivity index (χ0n) is 11.6. The lowest BCUT2D eigenvalue weighted by molar-refractivity contribution is -0.109. The van der Waals surface area contributed by atoms with E-state index in [-0.39, 0.29) is 5.92 Å². The highest BCUT2D eigenvalue weighted by atomic mass is 16.1. The fourth-order valence-electron chi connectivity index (χ4n) is 3.79. The number of benzene rings is 2. The number of aldehydes is 1. The van der Waals surface area contributed by atoms with Gasteiger partial charge in [-0.1, -0.05) is 36.4 Å². The van der Waals surface area contributed by atoms with Crippen LogP contribution < -0.4 is 0 Å². The number of hydrogen-bond donors (Lipinski definition) is 0. The predicted molar refractivity (Wildman–Crippen MR) is 81.0 cm³/mol. The van der Waals surface area contributed by atoms with E-state index in [2.05, 4.69) is 30.3 Å². The van der Waals surface area contributed by atoms with Crippen molar-refractivity contribution in [1.29, 1.82) is 0 Å². The maximum absolute atomic E-state index is 11.4. The molecule has 0 saturated carbocycles. The van der Waals surface area contributed by atoms with Crippen LogP contribution >= 0.6 is 0 Å². The quantitative estimate of drug-likeness (QED) is 0.708. The smallest absolute Gasteiger partial charge is 0.127 e. The highest BCUT2D eigenvalue weighted by molar-refractivity contribution is 5.81. The first kappa shape index (κ1) is 11.9. The number of rotatable bonds is 1. The Hall–Kier alpha value is -1.89.